The number of rotatable bonds is 15. The highest BCUT2D eigenvalue weighted by molar-refractivity contribution is 5.87. The van der Waals surface area contributed by atoms with Gasteiger partial charge in [0.05, 0.1) is 25.4 Å². The fourth-order valence-electron chi connectivity index (χ4n) is 5.42. The Morgan fingerprint density at radius 3 is 2.39 bits per heavy atom. The molecule has 1 fully saturated rings. The van der Waals surface area contributed by atoms with Gasteiger partial charge in [0.25, 0.3) is 0 Å². The average Bonchev–Trinajstić information content (AvgIpc) is 2.85. The van der Waals surface area contributed by atoms with Crippen LogP contribution in [0.15, 0.2) is 36.4 Å². The molecule has 4 heteroatoms. The van der Waals surface area contributed by atoms with Crippen molar-refractivity contribution < 1.29 is 19.4 Å². The summed E-state index contributed by atoms with van der Waals surface area (Å²) < 4.78 is 10.9. The molecular formula is C29H46O4. The van der Waals surface area contributed by atoms with Gasteiger partial charge in [-0.3, -0.25) is 0 Å². The summed E-state index contributed by atoms with van der Waals surface area (Å²) in [4.78, 5) is 12.0. The Bertz CT molecular complexity index is 696. The van der Waals surface area contributed by atoms with E-state index >= 15 is 0 Å². The zero-order valence-electron chi connectivity index (χ0n) is 21.2. The molecule has 1 aliphatic carbocycles. The first-order chi connectivity index (χ1) is 16.0. The number of esters is 1. The minimum absolute atomic E-state index is 0.107. The van der Waals surface area contributed by atoms with Gasteiger partial charge in [0, 0.05) is 13.0 Å². The lowest BCUT2D eigenvalue weighted by molar-refractivity contribution is -0.142. The summed E-state index contributed by atoms with van der Waals surface area (Å²) in [5, 5.41) is 9.10. The first-order valence-corrected chi connectivity index (χ1v) is 13.0. The standard InChI is InChI=1S/C29H46O4/c1-5-7-8-9-23-10-12-24(13-11-23)14-15-25-16-17-28(26(6-2)18-25)27(20-32-4)21-33-29(31)22(3)19-30/h10-13,25-28,30H,3,5-9,14-21H2,1-2,4H3. The number of carbonyl (C=O) groups is 1. The van der Waals surface area contributed by atoms with Crippen LogP contribution in [0.25, 0.3) is 0 Å². The molecule has 186 valence electrons. The van der Waals surface area contributed by atoms with Gasteiger partial charge < -0.3 is 14.6 Å². The van der Waals surface area contributed by atoms with Gasteiger partial charge in [-0.2, -0.15) is 0 Å². The third kappa shape index (κ3) is 9.25. The normalized spacial score (nSPS) is 21.5. The number of benzene rings is 1. The molecule has 0 spiro atoms. The minimum Gasteiger partial charge on any atom is -0.462 e. The van der Waals surface area contributed by atoms with Gasteiger partial charge in [-0.1, -0.05) is 70.4 Å². The molecule has 1 aromatic carbocycles. The van der Waals surface area contributed by atoms with Crippen molar-refractivity contribution in [2.75, 3.05) is 26.9 Å². The fourth-order valence-corrected chi connectivity index (χ4v) is 5.42. The summed E-state index contributed by atoms with van der Waals surface area (Å²) in [5.41, 5.74) is 3.03. The van der Waals surface area contributed by atoms with E-state index in [1.165, 1.54) is 56.1 Å². The molecule has 2 rings (SSSR count). The Kier molecular flexibility index (Phi) is 12.8. The van der Waals surface area contributed by atoms with E-state index < -0.39 is 5.97 Å². The Labute approximate surface area is 201 Å². The van der Waals surface area contributed by atoms with Gasteiger partial charge in [0.2, 0.25) is 0 Å². The monoisotopic (exact) mass is 458 g/mol. The van der Waals surface area contributed by atoms with Crippen molar-refractivity contribution in [3.8, 4) is 0 Å². The molecule has 1 N–H and O–H groups in total. The SMILES string of the molecule is C=C(CO)C(=O)OCC(COC)C1CCC(CCc2ccc(CCCCC)cc2)CC1CC. The van der Waals surface area contributed by atoms with E-state index in [-0.39, 0.29) is 18.1 Å². The summed E-state index contributed by atoms with van der Waals surface area (Å²) in [6.07, 6.45) is 12.3. The molecule has 0 heterocycles. The molecule has 0 aromatic heterocycles. The molecule has 0 radical (unpaired) electrons. The fraction of sp³-hybridized carbons (Fsp3) is 0.690. The highest BCUT2D eigenvalue weighted by Gasteiger charge is 2.35. The van der Waals surface area contributed by atoms with Crippen LogP contribution in [0.2, 0.25) is 0 Å². The molecule has 4 unspecified atom stereocenters. The molecule has 4 atom stereocenters. The van der Waals surface area contributed by atoms with Gasteiger partial charge in [-0.15, -0.1) is 0 Å². The lowest BCUT2D eigenvalue weighted by Crippen LogP contribution is -2.35. The van der Waals surface area contributed by atoms with Gasteiger partial charge >= 0.3 is 5.97 Å². The zero-order valence-corrected chi connectivity index (χ0v) is 21.2. The minimum atomic E-state index is -0.503. The maximum Gasteiger partial charge on any atom is 0.335 e. The predicted molar refractivity (Wildman–Crippen MR) is 135 cm³/mol. The molecule has 0 amide bonds. The van der Waals surface area contributed by atoms with Crippen LogP contribution in [0.4, 0.5) is 0 Å². The lowest BCUT2D eigenvalue weighted by atomic mass is 9.67. The van der Waals surface area contributed by atoms with Crippen molar-refractivity contribution in [2.24, 2.45) is 23.7 Å². The maximum atomic E-state index is 12.0. The van der Waals surface area contributed by atoms with Crippen LogP contribution in [0.5, 0.6) is 0 Å². The van der Waals surface area contributed by atoms with Crippen LogP contribution in [0, 0.1) is 23.7 Å². The van der Waals surface area contributed by atoms with Crippen molar-refractivity contribution in [3.63, 3.8) is 0 Å². The number of aliphatic hydroxyl groups is 1. The molecule has 0 saturated heterocycles. The number of aliphatic hydroxyl groups excluding tert-OH is 1. The van der Waals surface area contributed by atoms with Gasteiger partial charge in [0.1, 0.15) is 0 Å². The molecule has 1 saturated carbocycles. The van der Waals surface area contributed by atoms with Crippen LogP contribution in [-0.2, 0) is 27.1 Å². The number of aryl methyl sites for hydroxylation is 2. The number of methoxy groups -OCH3 is 1. The van der Waals surface area contributed by atoms with Gasteiger partial charge in [-0.05, 0) is 67.4 Å². The zero-order chi connectivity index (χ0) is 24.1. The second kappa shape index (κ2) is 15.3. The third-order valence-corrected chi connectivity index (χ3v) is 7.50. The molecule has 0 bridgehead atoms. The van der Waals surface area contributed by atoms with Gasteiger partial charge in [-0.25, -0.2) is 4.79 Å². The molecule has 4 nitrogen and oxygen atoms in total. The summed E-state index contributed by atoms with van der Waals surface area (Å²) in [7, 11) is 1.71. The van der Waals surface area contributed by atoms with Crippen molar-refractivity contribution in [2.45, 2.75) is 78.1 Å². The van der Waals surface area contributed by atoms with Crippen LogP contribution in [0.1, 0.15) is 76.3 Å². The predicted octanol–water partition coefficient (Wildman–Crippen LogP) is 6.15. The Morgan fingerprint density at radius 1 is 1.09 bits per heavy atom. The Morgan fingerprint density at radius 2 is 1.79 bits per heavy atom. The topological polar surface area (TPSA) is 55.8 Å². The molecule has 0 aliphatic heterocycles. The summed E-state index contributed by atoms with van der Waals surface area (Å²) in [5.74, 6) is 1.58. The number of carbonyl (C=O) groups excluding carboxylic acids is 1. The quantitative estimate of drug-likeness (QED) is 0.195. The first-order valence-electron chi connectivity index (χ1n) is 13.0. The molecule has 33 heavy (non-hydrogen) atoms. The van der Waals surface area contributed by atoms with Crippen LogP contribution < -0.4 is 0 Å². The summed E-state index contributed by atoms with van der Waals surface area (Å²) in [6, 6.07) is 9.29. The summed E-state index contributed by atoms with van der Waals surface area (Å²) in [6.45, 7) is 8.66. The van der Waals surface area contributed by atoms with E-state index in [4.69, 9.17) is 14.6 Å². The number of unbranched alkanes of at least 4 members (excludes halogenated alkanes) is 2. The number of hydrogen-bond donors (Lipinski definition) is 1. The van der Waals surface area contributed by atoms with Crippen molar-refractivity contribution in [3.05, 3.63) is 47.5 Å². The van der Waals surface area contributed by atoms with Crippen molar-refractivity contribution >= 4 is 5.97 Å². The average molecular weight is 459 g/mol. The second-order valence-electron chi connectivity index (χ2n) is 9.90. The van der Waals surface area contributed by atoms with Crippen molar-refractivity contribution in [1.29, 1.82) is 0 Å². The van der Waals surface area contributed by atoms with Gasteiger partial charge in [0.15, 0.2) is 0 Å². The number of hydrogen-bond acceptors (Lipinski definition) is 4. The third-order valence-electron chi connectivity index (χ3n) is 7.50. The summed E-state index contributed by atoms with van der Waals surface area (Å²) >= 11 is 0. The van der Waals surface area contributed by atoms with Crippen LogP contribution in [0.3, 0.4) is 0 Å². The van der Waals surface area contributed by atoms with Crippen molar-refractivity contribution in [1.82, 2.24) is 0 Å². The number of ether oxygens (including phenoxy) is 2. The van der Waals surface area contributed by atoms with E-state index in [1.807, 2.05) is 0 Å². The van der Waals surface area contributed by atoms with E-state index in [2.05, 4.69) is 44.7 Å². The maximum absolute atomic E-state index is 12.0. The smallest absolute Gasteiger partial charge is 0.335 e. The van der Waals surface area contributed by atoms with E-state index in [1.54, 1.807) is 7.11 Å². The van der Waals surface area contributed by atoms with Crippen LogP contribution >= 0.6 is 0 Å². The van der Waals surface area contributed by atoms with E-state index in [9.17, 15) is 4.79 Å². The highest BCUT2D eigenvalue weighted by atomic mass is 16.5. The van der Waals surface area contributed by atoms with E-state index in [0.717, 1.165) is 25.2 Å². The first kappa shape index (κ1) is 27.6. The Balaban J connectivity index is 1.85. The highest BCUT2D eigenvalue weighted by Crippen LogP contribution is 2.41. The largest absolute Gasteiger partial charge is 0.462 e. The van der Waals surface area contributed by atoms with E-state index in [0.29, 0.717) is 25.0 Å². The van der Waals surface area contributed by atoms with Crippen LogP contribution in [-0.4, -0.2) is 38.0 Å². The lowest BCUT2D eigenvalue weighted by Gasteiger charge is -2.40. The Hall–Kier alpha value is -1.65. The molecular weight excluding hydrogens is 412 g/mol. The molecule has 1 aromatic rings. The molecule has 1 aliphatic rings. The second-order valence-corrected chi connectivity index (χ2v) is 9.90.